The lowest BCUT2D eigenvalue weighted by molar-refractivity contribution is -0.122. The molecule has 2 aliphatic heterocycles. The minimum atomic E-state index is -0.650. The zero-order valence-corrected chi connectivity index (χ0v) is 14.0. The average Bonchev–Trinajstić information content (AvgIpc) is 3.24. The second kappa shape index (κ2) is 5.39. The van der Waals surface area contributed by atoms with Crippen molar-refractivity contribution in [3.8, 4) is 0 Å². The van der Waals surface area contributed by atoms with E-state index in [2.05, 4.69) is 20.7 Å². The molecule has 2 amide bonds. The van der Waals surface area contributed by atoms with Gasteiger partial charge in [0.15, 0.2) is 0 Å². The van der Waals surface area contributed by atoms with Crippen LogP contribution in [0.3, 0.4) is 0 Å². The molecule has 2 aromatic carbocycles. The minimum absolute atomic E-state index is 0.0110. The molecule has 1 aromatic heterocycles. The lowest BCUT2D eigenvalue weighted by Gasteiger charge is -2.39. The van der Waals surface area contributed by atoms with Gasteiger partial charge in [0.05, 0.1) is 5.41 Å². The second-order valence-electron chi connectivity index (χ2n) is 6.94. The molecule has 2 aliphatic rings. The Labute approximate surface area is 149 Å². The van der Waals surface area contributed by atoms with Gasteiger partial charge in [-0.3, -0.25) is 9.59 Å². The van der Waals surface area contributed by atoms with Crippen molar-refractivity contribution >= 4 is 28.5 Å². The van der Waals surface area contributed by atoms with Gasteiger partial charge < -0.3 is 10.2 Å². The Bertz CT molecular complexity index is 1040. The van der Waals surface area contributed by atoms with Crippen molar-refractivity contribution in [1.29, 1.82) is 0 Å². The normalized spacial score (nSPS) is 21.8. The van der Waals surface area contributed by atoms with E-state index < -0.39 is 5.41 Å². The van der Waals surface area contributed by atoms with E-state index in [4.69, 9.17) is 0 Å². The maximum absolute atomic E-state index is 13.1. The predicted molar refractivity (Wildman–Crippen MR) is 95.8 cm³/mol. The van der Waals surface area contributed by atoms with Crippen LogP contribution in [0.25, 0.3) is 11.0 Å². The van der Waals surface area contributed by atoms with Gasteiger partial charge in [-0.2, -0.15) is 15.4 Å². The Morgan fingerprint density at radius 2 is 1.96 bits per heavy atom. The SMILES string of the molecule is O=C(c1ccc2n[nH]nc2c1)N1CCC[C@]2(C1)C(=O)Nc1ccccc12. The Hall–Kier alpha value is -3.22. The maximum Gasteiger partial charge on any atom is 0.253 e. The van der Waals surface area contributed by atoms with E-state index in [9.17, 15) is 9.59 Å². The van der Waals surface area contributed by atoms with Crippen molar-refractivity contribution in [2.75, 3.05) is 18.4 Å². The van der Waals surface area contributed by atoms with Crippen LogP contribution in [0.2, 0.25) is 0 Å². The van der Waals surface area contributed by atoms with E-state index in [0.29, 0.717) is 24.2 Å². The van der Waals surface area contributed by atoms with E-state index in [-0.39, 0.29) is 11.8 Å². The molecule has 0 saturated carbocycles. The summed E-state index contributed by atoms with van der Waals surface area (Å²) in [4.78, 5) is 27.6. The molecule has 1 fully saturated rings. The third-order valence-electron chi connectivity index (χ3n) is 5.47. The Morgan fingerprint density at radius 1 is 1.12 bits per heavy atom. The molecule has 0 unspecified atom stereocenters. The first-order valence-electron chi connectivity index (χ1n) is 8.68. The summed E-state index contributed by atoms with van der Waals surface area (Å²) in [5.41, 5.74) is 3.15. The molecule has 0 radical (unpaired) electrons. The number of amides is 2. The summed E-state index contributed by atoms with van der Waals surface area (Å²) < 4.78 is 0. The Balaban J connectivity index is 1.49. The van der Waals surface area contributed by atoms with Crippen molar-refractivity contribution in [3.63, 3.8) is 0 Å². The zero-order valence-electron chi connectivity index (χ0n) is 14.0. The van der Waals surface area contributed by atoms with Crippen molar-refractivity contribution in [2.24, 2.45) is 0 Å². The molecule has 3 heterocycles. The monoisotopic (exact) mass is 347 g/mol. The number of carbonyl (C=O) groups is 2. The summed E-state index contributed by atoms with van der Waals surface area (Å²) >= 11 is 0. The van der Waals surface area contributed by atoms with E-state index in [0.717, 1.165) is 29.6 Å². The third kappa shape index (κ3) is 2.06. The second-order valence-corrected chi connectivity index (χ2v) is 6.94. The number of nitrogens with one attached hydrogen (secondary N) is 2. The first-order chi connectivity index (χ1) is 12.7. The molecule has 5 rings (SSSR count). The lowest BCUT2D eigenvalue weighted by atomic mass is 9.75. The highest BCUT2D eigenvalue weighted by molar-refractivity contribution is 6.07. The quantitative estimate of drug-likeness (QED) is 0.705. The molecule has 1 saturated heterocycles. The number of benzene rings is 2. The number of rotatable bonds is 1. The number of hydrogen-bond donors (Lipinski definition) is 2. The molecule has 7 nitrogen and oxygen atoms in total. The number of H-pyrrole nitrogens is 1. The van der Waals surface area contributed by atoms with Crippen molar-refractivity contribution < 1.29 is 9.59 Å². The van der Waals surface area contributed by atoms with Crippen LogP contribution >= 0.6 is 0 Å². The highest BCUT2D eigenvalue weighted by Crippen LogP contribution is 2.43. The number of carbonyl (C=O) groups excluding carboxylic acids is 2. The Morgan fingerprint density at radius 3 is 2.88 bits per heavy atom. The number of aromatic amines is 1. The summed E-state index contributed by atoms with van der Waals surface area (Å²) in [6.07, 6.45) is 1.54. The topological polar surface area (TPSA) is 91.0 Å². The number of piperidine rings is 1. The van der Waals surface area contributed by atoms with Crippen LogP contribution in [0, 0.1) is 0 Å². The van der Waals surface area contributed by atoms with Gasteiger partial charge in [0.25, 0.3) is 5.91 Å². The van der Waals surface area contributed by atoms with Crippen LogP contribution in [-0.4, -0.2) is 45.2 Å². The minimum Gasteiger partial charge on any atom is -0.337 e. The highest BCUT2D eigenvalue weighted by atomic mass is 16.2. The van der Waals surface area contributed by atoms with Gasteiger partial charge in [-0.1, -0.05) is 18.2 Å². The number of nitrogens with zero attached hydrogens (tertiary/aromatic N) is 3. The number of anilines is 1. The van der Waals surface area contributed by atoms with Crippen LogP contribution in [-0.2, 0) is 10.2 Å². The van der Waals surface area contributed by atoms with Gasteiger partial charge in [-0.05, 0) is 42.7 Å². The van der Waals surface area contributed by atoms with Crippen LogP contribution in [0.5, 0.6) is 0 Å². The third-order valence-corrected chi connectivity index (χ3v) is 5.47. The summed E-state index contributed by atoms with van der Waals surface area (Å²) in [6.45, 7) is 1.04. The van der Waals surface area contributed by atoms with Gasteiger partial charge in [-0.25, -0.2) is 0 Å². The fourth-order valence-corrected chi connectivity index (χ4v) is 4.16. The molecular formula is C19H17N5O2. The van der Waals surface area contributed by atoms with Crippen LogP contribution in [0.1, 0.15) is 28.8 Å². The average molecular weight is 347 g/mol. The molecule has 0 bridgehead atoms. The zero-order chi connectivity index (χ0) is 17.7. The number of likely N-dealkylation sites (tertiary alicyclic amines) is 1. The summed E-state index contributed by atoms with van der Waals surface area (Å²) in [7, 11) is 0. The van der Waals surface area contributed by atoms with E-state index in [1.807, 2.05) is 24.3 Å². The van der Waals surface area contributed by atoms with E-state index in [1.165, 1.54) is 0 Å². The summed E-state index contributed by atoms with van der Waals surface area (Å²) in [6, 6.07) is 13.0. The molecule has 1 atom stereocenters. The van der Waals surface area contributed by atoms with E-state index in [1.54, 1.807) is 23.1 Å². The highest BCUT2D eigenvalue weighted by Gasteiger charge is 2.49. The van der Waals surface area contributed by atoms with Gasteiger partial charge in [0, 0.05) is 24.3 Å². The van der Waals surface area contributed by atoms with E-state index >= 15 is 0 Å². The van der Waals surface area contributed by atoms with Gasteiger partial charge >= 0.3 is 0 Å². The molecule has 7 heteroatoms. The first-order valence-corrected chi connectivity index (χ1v) is 8.68. The number of para-hydroxylation sites is 1. The molecular weight excluding hydrogens is 330 g/mol. The molecule has 3 aromatic rings. The first kappa shape index (κ1) is 15.1. The van der Waals surface area contributed by atoms with Crippen LogP contribution < -0.4 is 5.32 Å². The number of hydrogen-bond acceptors (Lipinski definition) is 4. The molecule has 0 aliphatic carbocycles. The van der Waals surface area contributed by atoms with Gasteiger partial charge in [0.2, 0.25) is 5.91 Å². The molecule has 1 spiro atoms. The fraction of sp³-hybridized carbons (Fsp3) is 0.263. The maximum atomic E-state index is 13.1. The van der Waals surface area contributed by atoms with Crippen molar-refractivity contribution in [3.05, 3.63) is 53.6 Å². The lowest BCUT2D eigenvalue weighted by Crippen LogP contribution is -2.51. The predicted octanol–water partition coefficient (Wildman–Crippen LogP) is 2.08. The van der Waals surface area contributed by atoms with Crippen LogP contribution in [0.4, 0.5) is 5.69 Å². The molecule has 2 N–H and O–H groups in total. The Kier molecular flexibility index (Phi) is 3.12. The van der Waals surface area contributed by atoms with Crippen LogP contribution in [0.15, 0.2) is 42.5 Å². The number of fused-ring (bicyclic) bond motifs is 3. The van der Waals surface area contributed by atoms with Gasteiger partial charge in [-0.15, -0.1) is 0 Å². The van der Waals surface area contributed by atoms with Crippen molar-refractivity contribution in [1.82, 2.24) is 20.3 Å². The number of aromatic nitrogens is 3. The largest absolute Gasteiger partial charge is 0.337 e. The smallest absolute Gasteiger partial charge is 0.253 e. The standard InChI is InChI=1S/C19H17N5O2/c25-17(12-6-7-15-16(10-12)22-23-21-15)24-9-3-8-19(11-24)13-4-1-2-5-14(13)20-18(19)26/h1-2,4-7,10H,3,8-9,11H2,(H,20,26)(H,21,22,23)/t19-/m1/s1. The fourth-order valence-electron chi connectivity index (χ4n) is 4.16. The van der Waals surface area contributed by atoms with Crippen molar-refractivity contribution in [2.45, 2.75) is 18.3 Å². The molecule has 26 heavy (non-hydrogen) atoms. The summed E-state index contributed by atoms with van der Waals surface area (Å²) in [5.74, 6) is -0.0886. The summed E-state index contributed by atoms with van der Waals surface area (Å²) in [5, 5.41) is 13.6. The molecule has 130 valence electrons. The van der Waals surface area contributed by atoms with Gasteiger partial charge in [0.1, 0.15) is 11.0 Å².